The largest absolute Gasteiger partial charge is 0.344 e. The van der Waals surface area contributed by atoms with Crippen molar-refractivity contribution in [2.75, 3.05) is 6.54 Å². The fraction of sp³-hybridized carbons (Fsp3) is 0.619. The first-order chi connectivity index (χ1) is 13.1. The second-order valence-corrected chi connectivity index (χ2v) is 9.03. The Morgan fingerprint density at radius 2 is 1.96 bits per heavy atom. The lowest BCUT2D eigenvalue weighted by Gasteiger charge is -2.55. The van der Waals surface area contributed by atoms with E-state index in [1.165, 1.54) is 19.3 Å². The smallest absolute Gasteiger partial charge is 0.232 e. The Morgan fingerprint density at radius 1 is 1.30 bits per heavy atom. The number of thiocarbonyl (C=S) groups is 1. The number of nitrogens with zero attached hydrogens (tertiary/aromatic N) is 3. The number of hydrogen-bond donors (Lipinski definition) is 1. The molecular formula is C21H26N4OS. The molecule has 5 nitrogen and oxygen atoms in total. The second-order valence-electron chi connectivity index (χ2n) is 8.65. The molecule has 5 rings (SSSR count). The first kappa shape index (κ1) is 18.4. The lowest BCUT2D eigenvalue weighted by molar-refractivity contribution is -0.144. The molecule has 0 unspecified atom stereocenters. The maximum Gasteiger partial charge on any atom is 0.232 e. The zero-order valence-corrected chi connectivity index (χ0v) is 16.4. The average molecular weight is 383 g/mol. The summed E-state index contributed by atoms with van der Waals surface area (Å²) in [5.74, 6) is 2.28. The van der Waals surface area contributed by atoms with Gasteiger partial charge in [-0.05, 0) is 80.1 Å². The van der Waals surface area contributed by atoms with Gasteiger partial charge in [0.2, 0.25) is 5.91 Å². The molecule has 0 spiro atoms. The van der Waals surface area contributed by atoms with Gasteiger partial charge < -0.3 is 10.2 Å². The molecule has 0 saturated heterocycles. The highest BCUT2D eigenvalue weighted by atomic mass is 32.1. The van der Waals surface area contributed by atoms with Crippen LogP contribution in [0.3, 0.4) is 0 Å². The van der Waals surface area contributed by atoms with Crippen molar-refractivity contribution in [2.24, 2.45) is 23.2 Å². The molecule has 1 N–H and O–H groups in total. The lowest BCUT2D eigenvalue weighted by Crippen LogP contribution is -2.56. The predicted molar refractivity (Wildman–Crippen MR) is 106 cm³/mol. The third kappa shape index (κ3) is 3.84. The van der Waals surface area contributed by atoms with Crippen molar-refractivity contribution in [3.05, 3.63) is 30.1 Å². The molecule has 0 aromatic carbocycles. The summed E-state index contributed by atoms with van der Waals surface area (Å²) in [6, 6.07) is 6.04. The van der Waals surface area contributed by atoms with Crippen LogP contribution >= 0.6 is 12.2 Å². The van der Waals surface area contributed by atoms with E-state index in [1.807, 2.05) is 17.0 Å². The Balaban J connectivity index is 1.44. The third-order valence-corrected chi connectivity index (χ3v) is 6.98. The molecule has 6 heteroatoms. The molecule has 1 amide bonds. The maximum atomic E-state index is 13.2. The van der Waals surface area contributed by atoms with E-state index in [0.717, 1.165) is 42.6 Å². The van der Waals surface area contributed by atoms with Crippen LogP contribution in [-0.4, -0.2) is 27.4 Å². The minimum Gasteiger partial charge on any atom is -0.344 e. The standard InChI is InChI=1S/C21H26N4OS/c22-4-2-6-25(14-15-3-1-5-23-13-15)20(27)24-19(26)21-10-16-7-17(11-21)9-18(8-16)12-21/h1,3,5,13,16-18H,2,6-12,14H2,(H,24,26,27). The van der Waals surface area contributed by atoms with E-state index in [1.54, 1.807) is 12.4 Å². The molecule has 142 valence electrons. The highest BCUT2D eigenvalue weighted by Crippen LogP contribution is 2.60. The quantitative estimate of drug-likeness (QED) is 0.790. The molecule has 4 saturated carbocycles. The van der Waals surface area contributed by atoms with Gasteiger partial charge in [0.25, 0.3) is 0 Å². The van der Waals surface area contributed by atoms with Crippen LogP contribution < -0.4 is 5.32 Å². The summed E-state index contributed by atoms with van der Waals surface area (Å²) in [6.45, 7) is 1.06. The SMILES string of the molecule is N#CCCN(Cc1cccnc1)C(=S)NC(=O)C12CC3CC(CC(C3)C1)C2. The van der Waals surface area contributed by atoms with E-state index < -0.39 is 0 Å². The number of carbonyl (C=O) groups excluding carboxylic acids is 1. The molecule has 1 aromatic heterocycles. The van der Waals surface area contributed by atoms with E-state index in [9.17, 15) is 4.79 Å². The Morgan fingerprint density at radius 3 is 2.52 bits per heavy atom. The molecule has 0 radical (unpaired) electrons. The summed E-state index contributed by atoms with van der Waals surface area (Å²) in [7, 11) is 0. The van der Waals surface area contributed by atoms with E-state index in [-0.39, 0.29) is 11.3 Å². The predicted octanol–water partition coefficient (Wildman–Crippen LogP) is 3.41. The Bertz CT molecular complexity index is 722. The van der Waals surface area contributed by atoms with E-state index in [4.69, 9.17) is 17.5 Å². The molecule has 27 heavy (non-hydrogen) atoms. The maximum absolute atomic E-state index is 13.2. The lowest BCUT2D eigenvalue weighted by atomic mass is 9.49. The highest BCUT2D eigenvalue weighted by Gasteiger charge is 2.54. The topological polar surface area (TPSA) is 69.0 Å². The van der Waals surface area contributed by atoms with Gasteiger partial charge in [-0.25, -0.2) is 0 Å². The fourth-order valence-electron chi connectivity index (χ4n) is 5.85. The molecule has 1 heterocycles. The van der Waals surface area contributed by atoms with Crippen molar-refractivity contribution in [1.29, 1.82) is 5.26 Å². The van der Waals surface area contributed by atoms with Gasteiger partial charge in [-0.2, -0.15) is 5.26 Å². The number of carbonyl (C=O) groups is 1. The van der Waals surface area contributed by atoms with Crippen molar-refractivity contribution < 1.29 is 4.79 Å². The molecule has 4 aliphatic rings. The second kappa shape index (κ2) is 7.55. The third-order valence-electron chi connectivity index (χ3n) is 6.62. The first-order valence-corrected chi connectivity index (χ1v) is 10.3. The number of nitriles is 1. The van der Waals surface area contributed by atoms with Crippen LogP contribution in [0.4, 0.5) is 0 Å². The Hall–Kier alpha value is -2.00. The fourth-order valence-corrected chi connectivity index (χ4v) is 6.10. The van der Waals surface area contributed by atoms with Gasteiger partial charge in [0, 0.05) is 25.5 Å². The molecule has 0 atom stereocenters. The number of hydrogen-bond acceptors (Lipinski definition) is 4. The minimum absolute atomic E-state index is 0.111. The number of aromatic nitrogens is 1. The number of pyridine rings is 1. The van der Waals surface area contributed by atoms with E-state index in [2.05, 4.69) is 16.4 Å². The van der Waals surface area contributed by atoms with Gasteiger partial charge in [-0.3, -0.25) is 9.78 Å². The number of amides is 1. The van der Waals surface area contributed by atoms with Crippen LogP contribution in [0.1, 0.15) is 50.5 Å². The van der Waals surface area contributed by atoms with Crippen molar-refractivity contribution in [3.63, 3.8) is 0 Å². The number of nitrogens with one attached hydrogen (secondary N) is 1. The highest BCUT2D eigenvalue weighted by molar-refractivity contribution is 7.80. The average Bonchev–Trinajstić information content (AvgIpc) is 2.64. The zero-order chi connectivity index (χ0) is 18.9. The van der Waals surface area contributed by atoms with Crippen LogP contribution in [0, 0.1) is 34.5 Å². The molecule has 0 aliphatic heterocycles. The summed E-state index contributed by atoms with van der Waals surface area (Å²) >= 11 is 5.58. The summed E-state index contributed by atoms with van der Waals surface area (Å²) in [4.78, 5) is 19.3. The molecule has 4 aliphatic carbocycles. The molecule has 4 fully saturated rings. The van der Waals surface area contributed by atoms with Crippen molar-refractivity contribution in [2.45, 2.75) is 51.5 Å². The van der Waals surface area contributed by atoms with Crippen LogP contribution in [0.2, 0.25) is 0 Å². The van der Waals surface area contributed by atoms with Crippen LogP contribution in [0.15, 0.2) is 24.5 Å². The summed E-state index contributed by atoms with van der Waals surface area (Å²) in [5.41, 5.74) is 0.801. The van der Waals surface area contributed by atoms with E-state index in [0.29, 0.717) is 24.6 Å². The van der Waals surface area contributed by atoms with Gasteiger partial charge in [-0.15, -0.1) is 0 Å². The van der Waals surface area contributed by atoms with E-state index >= 15 is 0 Å². The van der Waals surface area contributed by atoms with Crippen molar-refractivity contribution in [1.82, 2.24) is 15.2 Å². The summed E-state index contributed by atoms with van der Waals surface area (Å²) < 4.78 is 0. The van der Waals surface area contributed by atoms with Gasteiger partial charge in [0.15, 0.2) is 5.11 Å². The molecule has 4 bridgehead atoms. The zero-order valence-electron chi connectivity index (χ0n) is 15.6. The Kier molecular flexibility index (Phi) is 5.14. The van der Waals surface area contributed by atoms with Crippen LogP contribution in [-0.2, 0) is 11.3 Å². The van der Waals surface area contributed by atoms with Gasteiger partial charge in [-0.1, -0.05) is 6.07 Å². The number of rotatable bonds is 5. The van der Waals surface area contributed by atoms with Gasteiger partial charge in [0.05, 0.1) is 17.9 Å². The van der Waals surface area contributed by atoms with Crippen molar-refractivity contribution in [3.8, 4) is 6.07 Å². The van der Waals surface area contributed by atoms with Crippen LogP contribution in [0.25, 0.3) is 0 Å². The molecular weight excluding hydrogens is 356 g/mol. The monoisotopic (exact) mass is 382 g/mol. The summed E-state index contributed by atoms with van der Waals surface area (Å²) in [5, 5.41) is 12.5. The van der Waals surface area contributed by atoms with Crippen molar-refractivity contribution >= 4 is 23.2 Å². The Labute approximate surface area is 166 Å². The van der Waals surface area contributed by atoms with Crippen LogP contribution in [0.5, 0.6) is 0 Å². The minimum atomic E-state index is -0.214. The first-order valence-electron chi connectivity index (χ1n) is 9.94. The normalized spacial score (nSPS) is 30.6. The van der Waals surface area contributed by atoms with Gasteiger partial charge >= 0.3 is 0 Å². The summed E-state index contributed by atoms with van der Waals surface area (Å²) in [6.07, 6.45) is 10.9. The molecule has 1 aromatic rings. The van der Waals surface area contributed by atoms with Gasteiger partial charge in [0.1, 0.15) is 0 Å².